The highest BCUT2D eigenvalue weighted by atomic mass is 16.5. The van der Waals surface area contributed by atoms with Gasteiger partial charge in [-0.05, 0) is 36.8 Å². The zero-order chi connectivity index (χ0) is 20.9. The Hall–Kier alpha value is -1.99. The number of hydrogen-bond donors (Lipinski definition) is 2. The number of ether oxygens (including phenoxy) is 2. The van der Waals surface area contributed by atoms with Crippen LogP contribution < -0.4 is 0 Å². The number of aliphatic hydroxyl groups is 2. The first kappa shape index (κ1) is 20.7. The Kier molecular flexibility index (Phi) is 5.27. The molecule has 6 atom stereocenters. The lowest BCUT2D eigenvalue weighted by atomic mass is 9.60. The van der Waals surface area contributed by atoms with Crippen molar-refractivity contribution in [2.75, 3.05) is 6.61 Å². The maximum Gasteiger partial charge on any atom is 0.302 e. The van der Waals surface area contributed by atoms with E-state index in [1.54, 1.807) is 19.1 Å². The molecule has 3 rings (SSSR count). The molecule has 6 unspecified atom stereocenters. The summed E-state index contributed by atoms with van der Waals surface area (Å²) in [7, 11) is 0. The molecule has 0 aromatic rings. The summed E-state index contributed by atoms with van der Waals surface area (Å²) < 4.78 is 10.5. The molecule has 0 aromatic carbocycles. The summed E-state index contributed by atoms with van der Waals surface area (Å²) in [6.07, 6.45) is 3.90. The first-order valence-electron chi connectivity index (χ1n) is 9.66. The van der Waals surface area contributed by atoms with Crippen molar-refractivity contribution in [2.24, 2.45) is 17.8 Å². The molecule has 28 heavy (non-hydrogen) atoms. The predicted molar refractivity (Wildman–Crippen MR) is 98.9 cm³/mol. The van der Waals surface area contributed by atoms with E-state index in [4.69, 9.17) is 9.47 Å². The highest BCUT2D eigenvalue weighted by Gasteiger charge is 2.63. The van der Waals surface area contributed by atoms with Gasteiger partial charge in [0.25, 0.3) is 0 Å². The number of ketones is 1. The van der Waals surface area contributed by atoms with Crippen molar-refractivity contribution in [1.82, 2.24) is 0 Å². The summed E-state index contributed by atoms with van der Waals surface area (Å²) in [6.45, 7) is 6.06. The van der Waals surface area contributed by atoms with Crippen LogP contribution in [0.15, 0.2) is 23.3 Å². The van der Waals surface area contributed by atoms with Gasteiger partial charge in [-0.25, -0.2) is 0 Å². The minimum Gasteiger partial charge on any atom is -0.463 e. The summed E-state index contributed by atoms with van der Waals surface area (Å²) in [5.74, 6) is -2.83. The van der Waals surface area contributed by atoms with Gasteiger partial charge in [-0.2, -0.15) is 0 Å². The first-order valence-corrected chi connectivity index (χ1v) is 9.66. The van der Waals surface area contributed by atoms with Crippen LogP contribution in [0.4, 0.5) is 0 Å². The van der Waals surface area contributed by atoms with Crippen LogP contribution in [0.2, 0.25) is 0 Å². The summed E-state index contributed by atoms with van der Waals surface area (Å²) >= 11 is 0. The molecule has 1 fully saturated rings. The van der Waals surface area contributed by atoms with Gasteiger partial charge in [0.2, 0.25) is 0 Å². The van der Waals surface area contributed by atoms with Crippen LogP contribution in [0.3, 0.4) is 0 Å². The van der Waals surface area contributed by atoms with Crippen LogP contribution in [-0.4, -0.2) is 51.8 Å². The van der Waals surface area contributed by atoms with E-state index in [9.17, 15) is 24.6 Å². The number of fused-ring (bicyclic) bond motifs is 3. The Morgan fingerprint density at radius 2 is 1.86 bits per heavy atom. The van der Waals surface area contributed by atoms with Crippen molar-refractivity contribution in [3.63, 3.8) is 0 Å². The summed E-state index contributed by atoms with van der Waals surface area (Å²) in [5, 5.41) is 23.2. The van der Waals surface area contributed by atoms with Crippen LogP contribution in [-0.2, 0) is 23.9 Å². The van der Waals surface area contributed by atoms with E-state index in [1.807, 2.05) is 6.92 Å². The Balaban J connectivity index is 2.04. The average molecular weight is 392 g/mol. The van der Waals surface area contributed by atoms with E-state index in [1.165, 1.54) is 13.8 Å². The highest BCUT2D eigenvalue weighted by Crippen LogP contribution is 2.54. The minimum atomic E-state index is -1.78. The third kappa shape index (κ3) is 3.31. The monoisotopic (exact) mass is 392 g/mol. The van der Waals surface area contributed by atoms with Crippen molar-refractivity contribution in [1.29, 1.82) is 0 Å². The van der Waals surface area contributed by atoms with Crippen molar-refractivity contribution >= 4 is 17.7 Å². The van der Waals surface area contributed by atoms with Gasteiger partial charge in [0.15, 0.2) is 5.78 Å². The molecule has 0 saturated heterocycles. The third-order valence-electron chi connectivity index (χ3n) is 6.42. The van der Waals surface area contributed by atoms with E-state index >= 15 is 0 Å². The summed E-state index contributed by atoms with van der Waals surface area (Å²) in [6, 6.07) is 0. The molecular weight excluding hydrogens is 364 g/mol. The quantitative estimate of drug-likeness (QED) is 0.553. The molecule has 154 valence electrons. The van der Waals surface area contributed by atoms with Gasteiger partial charge < -0.3 is 19.7 Å². The largest absolute Gasteiger partial charge is 0.463 e. The fourth-order valence-corrected chi connectivity index (χ4v) is 5.22. The predicted octanol–water partition coefficient (Wildman–Crippen LogP) is 1.46. The Labute approximate surface area is 164 Å². The van der Waals surface area contributed by atoms with E-state index in [0.717, 1.165) is 0 Å². The fourth-order valence-electron chi connectivity index (χ4n) is 5.22. The minimum absolute atomic E-state index is 0.0125. The molecule has 0 aliphatic heterocycles. The van der Waals surface area contributed by atoms with Crippen LogP contribution in [0.1, 0.15) is 47.0 Å². The molecule has 0 heterocycles. The summed E-state index contributed by atoms with van der Waals surface area (Å²) in [5.41, 5.74) is -2.16. The lowest BCUT2D eigenvalue weighted by Crippen LogP contribution is -2.60. The maximum absolute atomic E-state index is 12.8. The Morgan fingerprint density at radius 1 is 1.18 bits per heavy atom. The normalized spacial score (nSPS) is 39.9. The zero-order valence-electron chi connectivity index (χ0n) is 16.7. The number of Topliss-reactive ketones (excluding diaryl/α,β-unsaturated/α-hetero) is 1. The molecular formula is C21H28O7. The smallest absolute Gasteiger partial charge is 0.302 e. The molecule has 0 amide bonds. The van der Waals surface area contributed by atoms with E-state index in [-0.39, 0.29) is 31.0 Å². The second-order valence-electron chi connectivity index (χ2n) is 8.46. The van der Waals surface area contributed by atoms with Gasteiger partial charge >= 0.3 is 11.9 Å². The van der Waals surface area contributed by atoms with Crippen LogP contribution in [0, 0.1) is 17.8 Å². The topological polar surface area (TPSA) is 110 Å². The second kappa shape index (κ2) is 7.12. The van der Waals surface area contributed by atoms with E-state index < -0.39 is 34.8 Å². The SMILES string of the molecule is CC(=O)OCC1=CC2CC(OC(C)=O)CC(C)C2(O)C2C=C(C)C(=O)C2(O)C1. The van der Waals surface area contributed by atoms with Crippen molar-refractivity contribution < 1.29 is 34.1 Å². The molecule has 3 aliphatic carbocycles. The van der Waals surface area contributed by atoms with Gasteiger partial charge in [-0.3, -0.25) is 14.4 Å². The molecule has 0 radical (unpaired) electrons. The third-order valence-corrected chi connectivity index (χ3v) is 6.42. The van der Waals surface area contributed by atoms with Gasteiger partial charge in [0.1, 0.15) is 18.3 Å². The van der Waals surface area contributed by atoms with E-state index in [2.05, 4.69) is 0 Å². The highest BCUT2D eigenvalue weighted by molar-refractivity contribution is 6.04. The molecule has 0 aromatic heterocycles. The molecule has 1 saturated carbocycles. The van der Waals surface area contributed by atoms with E-state index in [0.29, 0.717) is 24.0 Å². The maximum atomic E-state index is 12.8. The molecule has 7 nitrogen and oxygen atoms in total. The lowest BCUT2D eigenvalue weighted by Gasteiger charge is -2.50. The van der Waals surface area contributed by atoms with Crippen molar-refractivity contribution in [2.45, 2.75) is 64.3 Å². The van der Waals surface area contributed by atoms with Crippen LogP contribution in [0.5, 0.6) is 0 Å². The van der Waals surface area contributed by atoms with Crippen LogP contribution >= 0.6 is 0 Å². The Bertz CT molecular complexity index is 767. The number of hydrogen-bond acceptors (Lipinski definition) is 7. The lowest BCUT2D eigenvalue weighted by molar-refractivity contribution is -0.183. The standard InChI is InChI=1S/C21H28O7/c1-11-5-18-20(25,19(11)24)9-15(10-27-13(3)22)7-16-8-17(28-14(4)23)6-12(2)21(16,18)26/h5,7,12,16-18,25-26H,6,8-10H2,1-4H3. The van der Waals surface area contributed by atoms with Crippen LogP contribution in [0.25, 0.3) is 0 Å². The van der Waals surface area contributed by atoms with Crippen molar-refractivity contribution in [3.05, 3.63) is 23.3 Å². The molecule has 0 bridgehead atoms. The molecule has 0 spiro atoms. The van der Waals surface area contributed by atoms with Gasteiger partial charge in [-0.1, -0.05) is 19.1 Å². The van der Waals surface area contributed by atoms with Gasteiger partial charge in [-0.15, -0.1) is 0 Å². The molecule has 2 N–H and O–H groups in total. The number of esters is 2. The van der Waals surface area contributed by atoms with Crippen molar-refractivity contribution in [3.8, 4) is 0 Å². The first-order chi connectivity index (χ1) is 13.0. The Morgan fingerprint density at radius 3 is 2.46 bits per heavy atom. The number of rotatable bonds is 3. The zero-order valence-corrected chi connectivity index (χ0v) is 16.7. The van der Waals surface area contributed by atoms with Gasteiger partial charge in [0, 0.05) is 32.1 Å². The summed E-state index contributed by atoms with van der Waals surface area (Å²) in [4.78, 5) is 35.5. The number of carbonyl (C=O) groups excluding carboxylic acids is 3. The molecule has 7 heteroatoms. The fraction of sp³-hybridized carbons (Fsp3) is 0.667. The average Bonchev–Trinajstić information content (AvgIpc) is 2.75. The van der Waals surface area contributed by atoms with Gasteiger partial charge in [0.05, 0.1) is 5.60 Å². The molecule has 3 aliphatic rings. The number of carbonyl (C=O) groups is 3. The second-order valence-corrected chi connectivity index (χ2v) is 8.46.